The van der Waals surface area contributed by atoms with Crippen LogP contribution >= 0.6 is 0 Å². The fraction of sp³-hybridized carbons (Fsp3) is 0.0526. The molecular weight excluding hydrogens is 288 g/mol. The Hall–Kier alpha value is -3.14. The molecule has 1 heterocycles. The first-order valence-corrected chi connectivity index (χ1v) is 7.29. The number of aromatic nitrogens is 1. The molecule has 23 heavy (non-hydrogen) atoms. The van der Waals surface area contributed by atoms with Gasteiger partial charge in [0.15, 0.2) is 5.78 Å². The third-order valence-electron chi connectivity index (χ3n) is 3.68. The minimum atomic E-state index is -0.129. The van der Waals surface area contributed by atoms with Gasteiger partial charge in [-0.2, -0.15) is 0 Å². The molecule has 0 aliphatic carbocycles. The van der Waals surface area contributed by atoms with Crippen LogP contribution < -0.4 is 5.32 Å². The summed E-state index contributed by atoms with van der Waals surface area (Å²) in [7, 11) is 1.59. The first-order chi connectivity index (χ1) is 11.2. The van der Waals surface area contributed by atoms with Crippen LogP contribution in [0.25, 0.3) is 17.0 Å². The van der Waals surface area contributed by atoms with E-state index in [1.165, 1.54) is 0 Å². The lowest BCUT2D eigenvalue weighted by Gasteiger charge is -1.99. The number of rotatable bonds is 4. The van der Waals surface area contributed by atoms with Crippen LogP contribution in [0, 0.1) is 0 Å². The van der Waals surface area contributed by atoms with Gasteiger partial charge < -0.3 is 10.3 Å². The fourth-order valence-corrected chi connectivity index (χ4v) is 2.43. The Labute approximate surface area is 133 Å². The Kier molecular flexibility index (Phi) is 4.06. The van der Waals surface area contributed by atoms with Crippen molar-refractivity contribution in [3.63, 3.8) is 0 Å². The highest BCUT2D eigenvalue weighted by molar-refractivity contribution is 6.14. The second kappa shape index (κ2) is 6.32. The number of fused-ring (bicyclic) bond motifs is 1. The first-order valence-electron chi connectivity index (χ1n) is 7.29. The average Bonchev–Trinajstić information content (AvgIpc) is 3.03. The lowest BCUT2D eigenvalue weighted by molar-refractivity contribution is 0.0962. The van der Waals surface area contributed by atoms with Crippen LogP contribution in [0.5, 0.6) is 0 Å². The van der Waals surface area contributed by atoms with Crippen LogP contribution in [-0.2, 0) is 0 Å². The number of allylic oxidation sites excluding steroid dienone is 1. The van der Waals surface area contributed by atoms with Gasteiger partial charge in [0.25, 0.3) is 5.91 Å². The predicted octanol–water partition coefficient (Wildman–Crippen LogP) is 3.42. The van der Waals surface area contributed by atoms with Crippen molar-refractivity contribution in [2.45, 2.75) is 0 Å². The van der Waals surface area contributed by atoms with E-state index in [1.807, 2.05) is 36.4 Å². The zero-order valence-corrected chi connectivity index (χ0v) is 12.7. The van der Waals surface area contributed by atoms with Crippen molar-refractivity contribution in [1.82, 2.24) is 10.3 Å². The molecule has 3 aromatic rings. The largest absolute Gasteiger partial charge is 0.360 e. The maximum absolute atomic E-state index is 12.3. The summed E-state index contributed by atoms with van der Waals surface area (Å²) >= 11 is 0. The first kappa shape index (κ1) is 14.8. The van der Waals surface area contributed by atoms with Gasteiger partial charge >= 0.3 is 0 Å². The van der Waals surface area contributed by atoms with Crippen LogP contribution in [0.2, 0.25) is 0 Å². The van der Waals surface area contributed by atoms with Gasteiger partial charge in [0, 0.05) is 35.3 Å². The molecule has 1 aromatic heterocycles. The Morgan fingerprint density at radius 1 is 1.04 bits per heavy atom. The molecule has 2 N–H and O–H groups in total. The molecule has 0 saturated heterocycles. The number of benzene rings is 2. The van der Waals surface area contributed by atoms with Crippen molar-refractivity contribution in [3.8, 4) is 0 Å². The van der Waals surface area contributed by atoms with Crippen molar-refractivity contribution >= 4 is 28.7 Å². The third kappa shape index (κ3) is 3.06. The highest BCUT2D eigenvalue weighted by Gasteiger charge is 2.08. The van der Waals surface area contributed by atoms with Gasteiger partial charge in [0.1, 0.15) is 0 Å². The second-order valence-electron chi connectivity index (χ2n) is 5.15. The molecule has 0 saturated carbocycles. The Morgan fingerprint density at radius 3 is 2.52 bits per heavy atom. The SMILES string of the molecule is CNC(=O)c1ccc(/C=C/C(=O)c2c[nH]c3ccccc23)cc1. The maximum Gasteiger partial charge on any atom is 0.251 e. The maximum atomic E-state index is 12.3. The van der Waals surface area contributed by atoms with E-state index >= 15 is 0 Å². The summed E-state index contributed by atoms with van der Waals surface area (Å²) in [6.45, 7) is 0. The van der Waals surface area contributed by atoms with Crippen LogP contribution in [0.1, 0.15) is 26.3 Å². The summed E-state index contributed by atoms with van der Waals surface area (Å²) in [5.41, 5.74) is 3.05. The lowest BCUT2D eigenvalue weighted by Crippen LogP contribution is -2.17. The lowest BCUT2D eigenvalue weighted by atomic mass is 10.1. The van der Waals surface area contributed by atoms with Crippen molar-refractivity contribution in [2.75, 3.05) is 7.05 Å². The van der Waals surface area contributed by atoms with Gasteiger partial charge in [-0.1, -0.05) is 36.4 Å². The van der Waals surface area contributed by atoms with Gasteiger partial charge in [-0.15, -0.1) is 0 Å². The van der Waals surface area contributed by atoms with E-state index in [1.54, 1.807) is 37.5 Å². The summed E-state index contributed by atoms with van der Waals surface area (Å²) in [4.78, 5) is 26.9. The summed E-state index contributed by atoms with van der Waals surface area (Å²) in [6.07, 6.45) is 5.02. The molecule has 0 radical (unpaired) electrons. The van der Waals surface area contributed by atoms with E-state index in [2.05, 4.69) is 10.3 Å². The molecule has 0 unspecified atom stereocenters. The molecule has 0 aliphatic rings. The number of nitrogens with one attached hydrogen (secondary N) is 2. The average molecular weight is 304 g/mol. The number of para-hydroxylation sites is 1. The van der Waals surface area contributed by atoms with Gasteiger partial charge in [-0.3, -0.25) is 9.59 Å². The van der Waals surface area contributed by atoms with E-state index in [4.69, 9.17) is 0 Å². The monoisotopic (exact) mass is 304 g/mol. The molecule has 0 aliphatic heterocycles. The molecule has 0 spiro atoms. The van der Waals surface area contributed by atoms with Crippen molar-refractivity contribution in [2.24, 2.45) is 0 Å². The summed E-state index contributed by atoms with van der Waals surface area (Å²) in [5, 5.41) is 3.49. The Bertz CT molecular complexity index is 889. The van der Waals surface area contributed by atoms with Crippen LogP contribution in [0.15, 0.2) is 60.8 Å². The highest BCUT2D eigenvalue weighted by atomic mass is 16.1. The molecule has 4 heteroatoms. The number of hydrogen-bond donors (Lipinski definition) is 2. The molecule has 3 rings (SSSR count). The number of amides is 1. The number of hydrogen-bond acceptors (Lipinski definition) is 2. The van der Waals surface area contributed by atoms with Gasteiger partial charge in [-0.05, 0) is 29.8 Å². The molecule has 0 fully saturated rings. The molecule has 4 nitrogen and oxygen atoms in total. The van der Waals surface area contributed by atoms with Crippen LogP contribution in [-0.4, -0.2) is 23.7 Å². The normalized spacial score (nSPS) is 11.0. The van der Waals surface area contributed by atoms with E-state index < -0.39 is 0 Å². The highest BCUT2D eigenvalue weighted by Crippen LogP contribution is 2.19. The zero-order chi connectivity index (χ0) is 16.2. The van der Waals surface area contributed by atoms with Crippen LogP contribution in [0.3, 0.4) is 0 Å². The Balaban J connectivity index is 1.79. The number of aromatic amines is 1. The zero-order valence-electron chi connectivity index (χ0n) is 12.7. The van der Waals surface area contributed by atoms with Gasteiger partial charge in [0.05, 0.1) is 0 Å². The molecule has 2 aromatic carbocycles. The van der Waals surface area contributed by atoms with E-state index in [-0.39, 0.29) is 11.7 Å². The van der Waals surface area contributed by atoms with Crippen molar-refractivity contribution in [1.29, 1.82) is 0 Å². The molecule has 0 atom stereocenters. The van der Waals surface area contributed by atoms with E-state index in [0.29, 0.717) is 11.1 Å². The minimum Gasteiger partial charge on any atom is -0.360 e. The molecular formula is C19H16N2O2. The van der Waals surface area contributed by atoms with Crippen molar-refractivity contribution in [3.05, 3.63) is 77.5 Å². The molecule has 0 bridgehead atoms. The van der Waals surface area contributed by atoms with E-state index in [0.717, 1.165) is 16.5 Å². The minimum absolute atomic E-state index is 0.0576. The predicted molar refractivity (Wildman–Crippen MR) is 91.5 cm³/mol. The Morgan fingerprint density at radius 2 is 1.78 bits per heavy atom. The number of carbonyl (C=O) groups excluding carboxylic acids is 2. The number of H-pyrrole nitrogens is 1. The molecule has 1 amide bonds. The van der Waals surface area contributed by atoms with Crippen LogP contribution in [0.4, 0.5) is 0 Å². The fourth-order valence-electron chi connectivity index (χ4n) is 2.43. The standard InChI is InChI=1S/C19H16N2O2/c1-20-19(23)14-9-6-13(7-10-14)8-11-18(22)16-12-21-17-5-3-2-4-15(16)17/h2-12,21H,1H3,(H,20,23)/b11-8+. The summed E-state index contributed by atoms with van der Waals surface area (Å²) < 4.78 is 0. The van der Waals surface area contributed by atoms with Crippen molar-refractivity contribution < 1.29 is 9.59 Å². The molecule has 114 valence electrons. The van der Waals surface area contributed by atoms with Gasteiger partial charge in [-0.25, -0.2) is 0 Å². The van der Waals surface area contributed by atoms with Gasteiger partial charge in [0.2, 0.25) is 0 Å². The summed E-state index contributed by atoms with van der Waals surface area (Å²) in [5.74, 6) is -0.187. The second-order valence-corrected chi connectivity index (χ2v) is 5.15. The van der Waals surface area contributed by atoms with E-state index in [9.17, 15) is 9.59 Å². The topological polar surface area (TPSA) is 62.0 Å². The number of carbonyl (C=O) groups is 2. The smallest absolute Gasteiger partial charge is 0.251 e. The quantitative estimate of drug-likeness (QED) is 0.573. The number of ketones is 1. The summed E-state index contributed by atoms with van der Waals surface area (Å²) in [6, 6.07) is 14.8. The third-order valence-corrected chi connectivity index (χ3v) is 3.68.